The second kappa shape index (κ2) is 19.1. The summed E-state index contributed by atoms with van der Waals surface area (Å²) in [4.78, 5) is 23.0. The number of amides is 2. The van der Waals surface area contributed by atoms with Crippen LogP contribution in [0.2, 0.25) is 0 Å². The van der Waals surface area contributed by atoms with Crippen LogP contribution in [0.3, 0.4) is 0 Å². The van der Waals surface area contributed by atoms with Crippen molar-refractivity contribution in [3.8, 4) is 0 Å². The number of unbranched alkanes of at least 4 members (excludes halogenated alkanes) is 8. The molecule has 0 aromatic carbocycles. The van der Waals surface area contributed by atoms with Crippen molar-refractivity contribution in [1.29, 1.82) is 0 Å². The third-order valence-electron chi connectivity index (χ3n) is 3.82. The Kier molecular flexibility index (Phi) is 18.2. The SMILES string of the molecule is CCCCCCCC(=O)NNCOCNNC(=O)CCCCCCC. The molecule has 0 aromatic heterocycles. The van der Waals surface area contributed by atoms with E-state index >= 15 is 0 Å². The van der Waals surface area contributed by atoms with E-state index in [0.717, 1.165) is 25.7 Å². The zero-order chi connectivity index (χ0) is 18.6. The number of nitrogens with one attached hydrogen (secondary N) is 4. The topological polar surface area (TPSA) is 91.5 Å². The van der Waals surface area contributed by atoms with Crippen LogP contribution in [0.4, 0.5) is 0 Å². The third-order valence-corrected chi connectivity index (χ3v) is 3.82. The summed E-state index contributed by atoms with van der Waals surface area (Å²) in [6.07, 6.45) is 12.4. The minimum atomic E-state index is -0.0237. The van der Waals surface area contributed by atoms with Gasteiger partial charge in [-0.2, -0.15) is 0 Å². The molecular formula is C18H38N4O3. The Morgan fingerprint density at radius 2 is 1.04 bits per heavy atom. The van der Waals surface area contributed by atoms with E-state index < -0.39 is 0 Å². The smallest absolute Gasteiger partial charge is 0.234 e. The van der Waals surface area contributed by atoms with Gasteiger partial charge < -0.3 is 4.74 Å². The fourth-order valence-electron chi connectivity index (χ4n) is 2.33. The Morgan fingerprint density at radius 3 is 1.44 bits per heavy atom. The van der Waals surface area contributed by atoms with Crippen LogP contribution in [-0.4, -0.2) is 25.3 Å². The van der Waals surface area contributed by atoms with E-state index in [4.69, 9.17) is 4.74 Å². The first-order valence-electron chi connectivity index (χ1n) is 9.81. The van der Waals surface area contributed by atoms with E-state index in [-0.39, 0.29) is 25.3 Å². The van der Waals surface area contributed by atoms with Crippen molar-refractivity contribution in [1.82, 2.24) is 21.7 Å². The van der Waals surface area contributed by atoms with Crippen LogP contribution in [0.15, 0.2) is 0 Å². The molecule has 0 fully saturated rings. The largest absolute Gasteiger partial charge is 0.348 e. The maximum absolute atomic E-state index is 11.5. The molecule has 0 heterocycles. The van der Waals surface area contributed by atoms with Crippen molar-refractivity contribution in [2.45, 2.75) is 90.9 Å². The predicted molar refractivity (Wildman–Crippen MR) is 100 cm³/mol. The van der Waals surface area contributed by atoms with Crippen LogP contribution in [-0.2, 0) is 14.3 Å². The molecule has 4 N–H and O–H groups in total. The minimum Gasteiger partial charge on any atom is -0.348 e. The summed E-state index contributed by atoms with van der Waals surface area (Å²) >= 11 is 0. The Morgan fingerprint density at radius 1 is 0.640 bits per heavy atom. The molecule has 0 bridgehead atoms. The second-order valence-electron chi connectivity index (χ2n) is 6.27. The number of hydrazine groups is 2. The van der Waals surface area contributed by atoms with Crippen molar-refractivity contribution in [2.24, 2.45) is 0 Å². The number of rotatable bonds is 18. The van der Waals surface area contributed by atoms with Crippen molar-refractivity contribution in [3.05, 3.63) is 0 Å². The molecule has 148 valence electrons. The van der Waals surface area contributed by atoms with E-state index in [1.807, 2.05) is 0 Å². The molecule has 0 aliphatic rings. The lowest BCUT2D eigenvalue weighted by Gasteiger charge is -2.10. The predicted octanol–water partition coefficient (Wildman–Crippen LogP) is 2.88. The summed E-state index contributed by atoms with van der Waals surface area (Å²) in [6, 6.07) is 0. The number of carbonyl (C=O) groups excluding carboxylic acids is 2. The van der Waals surface area contributed by atoms with Crippen molar-refractivity contribution >= 4 is 11.8 Å². The Labute approximate surface area is 153 Å². The Balaban J connectivity index is 3.26. The lowest BCUT2D eigenvalue weighted by Crippen LogP contribution is -2.42. The molecule has 0 aliphatic carbocycles. The van der Waals surface area contributed by atoms with Crippen LogP contribution >= 0.6 is 0 Å². The molecule has 0 rings (SSSR count). The van der Waals surface area contributed by atoms with Crippen LogP contribution in [0, 0.1) is 0 Å². The van der Waals surface area contributed by atoms with E-state index in [1.54, 1.807) is 0 Å². The third kappa shape index (κ3) is 19.0. The van der Waals surface area contributed by atoms with Crippen molar-refractivity contribution < 1.29 is 14.3 Å². The maximum Gasteiger partial charge on any atom is 0.234 e. The number of hydrogen-bond acceptors (Lipinski definition) is 5. The first kappa shape index (κ1) is 23.8. The highest BCUT2D eigenvalue weighted by Crippen LogP contribution is 2.05. The summed E-state index contributed by atoms with van der Waals surface area (Å²) < 4.78 is 5.20. The van der Waals surface area contributed by atoms with Gasteiger partial charge >= 0.3 is 0 Å². The molecule has 0 spiro atoms. The van der Waals surface area contributed by atoms with Gasteiger partial charge in [0.2, 0.25) is 11.8 Å². The highest BCUT2D eigenvalue weighted by Gasteiger charge is 2.01. The molecule has 0 saturated heterocycles. The summed E-state index contributed by atoms with van der Waals surface area (Å²) in [6.45, 7) is 4.71. The average molecular weight is 359 g/mol. The van der Waals surface area contributed by atoms with E-state index in [0.29, 0.717) is 12.8 Å². The van der Waals surface area contributed by atoms with E-state index in [2.05, 4.69) is 35.6 Å². The van der Waals surface area contributed by atoms with E-state index in [9.17, 15) is 9.59 Å². The molecule has 0 aliphatic heterocycles. The Bertz CT molecular complexity index is 297. The van der Waals surface area contributed by atoms with Crippen molar-refractivity contribution in [2.75, 3.05) is 13.5 Å². The van der Waals surface area contributed by atoms with Gasteiger partial charge in [-0.15, -0.1) is 0 Å². The summed E-state index contributed by atoms with van der Waals surface area (Å²) in [5, 5.41) is 0. The first-order chi connectivity index (χ1) is 12.2. The molecule has 2 amide bonds. The zero-order valence-corrected chi connectivity index (χ0v) is 16.1. The molecule has 25 heavy (non-hydrogen) atoms. The second-order valence-corrected chi connectivity index (χ2v) is 6.27. The number of hydrogen-bond donors (Lipinski definition) is 4. The van der Waals surface area contributed by atoms with Crippen LogP contribution in [0.5, 0.6) is 0 Å². The van der Waals surface area contributed by atoms with Gasteiger partial charge in [-0.05, 0) is 12.8 Å². The molecule has 0 saturated carbocycles. The quantitative estimate of drug-likeness (QED) is 0.172. The number of carbonyl (C=O) groups is 2. The standard InChI is InChI=1S/C18H38N4O3/c1-3-5-7-9-11-13-17(23)21-19-15-25-16-20-22-18(24)14-12-10-8-6-4-2/h19-20H,3-16H2,1-2H3,(H,21,23)(H,22,24). The van der Waals surface area contributed by atoms with Gasteiger partial charge in [0.1, 0.15) is 13.5 Å². The lowest BCUT2D eigenvalue weighted by molar-refractivity contribution is -0.122. The average Bonchev–Trinajstić information content (AvgIpc) is 2.60. The summed E-state index contributed by atoms with van der Waals surface area (Å²) in [5.74, 6) is -0.0473. The minimum absolute atomic E-state index is 0.0237. The van der Waals surface area contributed by atoms with Gasteiger partial charge in [-0.25, -0.2) is 10.9 Å². The first-order valence-corrected chi connectivity index (χ1v) is 9.81. The van der Waals surface area contributed by atoms with Gasteiger partial charge in [0.25, 0.3) is 0 Å². The van der Waals surface area contributed by atoms with Crippen molar-refractivity contribution in [3.63, 3.8) is 0 Å². The van der Waals surface area contributed by atoms with Gasteiger partial charge in [0.15, 0.2) is 0 Å². The van der Waals surface area contributed by atoms with E-state index in [1.165, 1.54) is 38.5 Å². The summed E-state index contributed by atoms with van der Waals surface area (Å²) in [5.41, 5.74) is 10.6. The Hall–Kier alpha value is -1.18. The molecule has 0 aromatic rings. The molecule has 7 heteroatoms. The van der Waals surface area contributed by atoms with Crippen LogP contribution in [0.1, 0.15) is 90.9 Å². The monoisotopic (exact) mass is 358 g/mol. The lowest BCUT2D eigenvalue weighted by atomic mass is 10.1. The van der Waals surface area contributed by atoms with Gasteiger partial charge in [-0.3, -0.25) is 20.4 Å². The molecular weight excluding hydrogens is 320 g/mol. The van der Waals surface area contributed by atoms with Crippen LogP contribution in [0.25, 0.3) is 0 Å². The highest BCUT2D eigenvalue weighted by molar-refractivity contribution is 5.75. The zero-order valence-electron chi connectivity index (χ0n) is 16.1. The normalized spacial score (nSPS) is 10.6. The van der Waals surface area contributed by atoms with Gasteiger partial charge in [0, 0.05) is 12.8 Å². The van der Waals surface area contributed by atoms with Crippen LogP contribution < -0.4 is 21.7 Å². The fraction of sp³-hybridized carbons (Fsp3) is 0.889. The number of ether oxygens (including phenoxy) is 1. The maximum atomic E-state index is 11.5. The molecule has 0 atom stereocenters. The van der Waals surface area contributed by atoms with Gasteiger partial charge in [-0.1, -0.05) is 65.2 Å². The molecule has 7 nitrogen and oxygen atoms in total. The summed E-state index contributed by atoms with van der Waals surface area (Å²) in [7, 11) is 0. The molecule has 0 unspecified atom stereocenters. The highest BCUT2D eigenvalue weighted by atomic mass is 16.5. The fourth-order valence-corrected chi connectivity index (χ4v) is 2.33. The molecule has 0 radical (unpaired) electrons. The van der Waals surface area contributed by atoms with Gasteiger partial charge in [0.05, 0.1) is 0 Å².